The highest BCUT2D eigenvalue weighted by atomic mass is 19.1. The van der Waals surface area contributed by atoms with Crippen molar-refractivity contribution in [1.29, 1.82) is 0 Å². The first-order chi connectivity index (χ1) is 12.5. The van der Waals surface area contributed by atoms with Gasteiger partial charge >= 0.3 is 0 Å². The van der Waals surface area contributed by atoms with E-state index in [1.165, 1.54) is 6.20 Å². The molecule has 8 heteroatoms. The lowest BCUT2D eigenvalue weighted by Gasteiger charge is -2.25. The summed E-state index contributed by atoms with van der Waals surface area (Å²) in [6, 6.07) is 0.273. The second kappa shape index (κ2) is 7.74. The van der Waals surface area contributed by atoms with E-state index in [1.807, 2.05) is 6.08 Å². The van der Waals surface area contributed by atoms with E-state index in [4.69, 9.17) is 0 Å². The molecule has 1 saturated heterocycles. The summed E-state index contributed by atoms with van der Waals surface area (Å²) in [6.07, 6.45) is 4.45. The average Bonchev–Trinajstić information content (AvgIpc) is 2.64. The molecule has 1 unspecified atom stereocenters. The summed E-state index contributed by atoms with van der Waals surface area (Å²) in [5.41, 5.74) is 1.19. The van der Waals surface area contributed by atoms with Gasteiger partial charge in [0.15, 0.2) is 0 Å². The number of piperidine rings is 1. The number of amides is 3. The molecule has 7 nitrogen and oxygen atoms in total. The Morgan fingerprint density at radius 1 is 1.42 bits per heavy atom. The van der Waals surface area contributed by atoms with Crippen LogP contribution in [-0.4, -0.2) is 53.3 Å². The average molecular weight is 360 g/mol. The third-order valence-corrected chi connectivity index (χ3v) is 4.72. The number of carbonyl (C=O) groups is 3. The number of aromatic nitrogens is 1. The smallest absolute Gasteiger partial charge is 0.270 e. The van der Waals surface area contributed by atoms with E-state index in [0.29, 0.717) is 5.56 Å². The number of nitrogens with zero attached hydrogens (tertiary/aromatic N) is 2. The predicted octanol–water partition coefficient (Wildman–Crippen LogP) is 0.865. The molecule has 0 radical (unpaired) electrons. The van der Waals surface area contributed by atoms with Gasteiger partial charge in [0, 0.05) is 37.3 Å². The van der Waals surface area contributed by atoms with Crippen molar-refractivity contribution in [1.82, 2.24) is 20.5 Å². The van der Waals surface area contributed by atoms with E-state index in [0.717, 1.165) is 37.7 Å². The highest BCUT2D eigenvalue weighted by molar-refractivity contribution is 6.03. The van der Waals surface area contributed by atoms with Gasteiger partial charge in [0.1, 0.15) is 17.6 Å². The van der Waals surface area contributed by atoms with Gasteiger partial charge < -0.3 is 5.32 Å². The molecule has 3 heterocycles. The van der Waals surface area contributed by atoms with Gasteiger partial charge in [0.2, 0.25) is 11.8 Å². The molecule has 0 aliphatic carbocycles. The molecule has 1 atom stereocenters. The van der Waals surface area contributed by atoms with E-state index in [1.54, 1.807) is 0 Å². The molecule has 1 aromatic heterocycles. The zero-order valence-corrected chi connectivity index (χ0v) is 14.5. The summed E-state index contributed by atoms with van der Waals surface area (Å²) in [6.45, 7) is 4.66. The van der Waals surface area contributed by atoms with Gasteiger partial charge in [0.05, 0.1) is 0 Å². The van der Waals surface area contributed by atoms with Crippen molar-refractivity contribution in [2.75, 3.05) is 19.6 Å². The fourth-order valence-corrected chi connectivity index (χ4v) is 3.10. The third kappa shape index (κ3) is 3.96. The van der Waals surface area contributed by atoms with Crippen molar-refractivity contribution in [3.05, 3.63) is 35.4 Å². The van der Waals surface area contributed by atoms with E-state index in [2.05, 4.69) is 27.4 Å². The summed E-state index contributed by atoms with van der Waals surface area (Å²) < 4.78 is 14.5. The first-order valence-electron chi connectivity index (χ1n) is 8.69. The predicted molar refractivity (Wildman–Crippen MR) is 92.5 cm³/mol. The van der Waals surface area contributed by atoms with Crippen LogP contribution < -0.4 is 10.6 Å². The second-order valence-electron chi connectivity index (χ2n) is 6.40. The van der Waals surface area contributed by atoms with E-state index < -0.39 is 23.7 Å². The second-order valence-corrected chi connectivity index (χ2v) is 6.40. The number of rotatable bonds is 4. The molecule has 0 spiro atoms. The van der Waals surface area contributed by atoms with Gasteiger partial charge in [-0.3, -0.25) is 29.6 Å². The number of imide groups is 1. The summed E-state index contributed by atoms with van der Waals surface area (Å²) in [5, 5.41) is 4.65. The summed E-state index contributed by atoms with van der Waals surface area (Å²) in [7, 11) is 0. The first-order valence-corrected chi connectivity index (χ1v) is 8.69. The maximum atomic E-state index is 14.5. The lowest BCUT2D eigenvalue weighted by molar-refractivity contribution is -0.134. The summed E-state index contributed by atoms with van der Waals surface area (Å²) in [4.78, 5) is 41.4. The van der Waals surface area contributed by atoms with E-state index >= 15 is 0 Å². The molecule has 3 amide bonds. The quantitative estimate of drug-likeness (QED) is 0.778. The summed E-state index contributed by atoms with van der Waals surface area (Å²) >= 11 is 0. The Labute approximate surface area is 150 Å². The minimum atomic E-state index is -0.814. The SMILES string of the molecule is CCN1CC=C(c2cnc(C(=O)NC3CCC(=O)NC3=O)cc2F)CC1. The highest BCUT2D eigenvalue weighted by Gasteiger charge is 2.28. The largest absolute Gasteiger partial charge is 0.339 e. The number of nitrogens with one attached hydrogen (secondary N) is 2. The molecule has 138 valence electrons. The van der Waals surface area contributed by atoms with Gasteiger partial charge in [-0.25, -0.2) is 4.39 Å². The topological polar surface area (TPSA) is 91.4 Å². The van der Waals surface area contributed by atoms with Crippen molar-refractivity contribution in [3.8, 4) is 0 Å². The van der Waals surface area contributed by atoms with Crippen LogP contribution in [0.2, 0.25) is 0 Å². The maximum absolute atomic E-state index is 14.5. The lowest BCUT2D eigenvalue weighted by Crippen LogP contribution is -2.52. The minimum absolute atomic E-state index is 0.0949. The monoisotopic (exact) mass is 360 g/mol. The third-order valence-electron chi connectivity index (χ3n) is 4.72. The van der Waals surface area contributed by atoms with Crippen LogP contribution in [-0.2, 0) is 9.59 Å². The van der Waals surface area contributed by atoms with Gasteiger partial charge in [-0.2, -0.15) is 0 Å². The molecule has 2 aliphatic heterocycles. The van der Waals surface area contributed by atoms with Crippen LogP contribution in [0.5, 0.6) is 0 Å². The van der Waals surface area contributed by atoms with Crippen molar-refractivity contribution >= 4 is 23.3 Å². The zero-order valence-electron chi connectivity index (χ0n) is 14.5. The van der Waals surface area contributed by atoms with Crippen LogP contribution in [0.15, 0.2) is 18.3 Å². The van der Waals surface area contributed by atoms with E-state index in [9.17, 15) is 18.8 Å². The standard InChI is InChI=1S/C18H21FN4O3/c1-2-23-7-5-11(6-8-23)12-10-20-15(9-13(12)19)18(26)21-14-3-4-16(24)22-17(14)25/h5,9-10,14H,2-4,6-8H2,1H3,(H,21,26)(H,22,24,25). The molecule has 3 rings (SSSR count). The molecule has 0 aromatic carbocycles. The lowest BCUT2D eigenvalue weighted by atomic mass is 10.00. The van der Waals surface area contributed by atoms with Gasteiger partial charge in [-0.1, -0.05) is 13.0 Å². The molecule has 2 N–H and O–H groups in total. The van der Waals surface area contributed by atoms with Crippen LogP contribution in [0.3, 0.4) is 0 Å². The Hall–Kier alpha value is -2.61. The fourth-order valence-electron chi connectivity index (χ4n) is 3.10. The van der Waals surface area contributed by atoms with Crippen molar-refractivity contribution in [2.45, 2.75) is 32.2 Å². The first kappa shape index (κ1) is 18.2. The van der Waals surface area contributed by atoms with Crippen LogP contribution in [0.4, 0.5) is 4.39 Å². The van der Waals surface area contributed by atoms with Crippen molar-refractivity contribution in [2.24, 2.45) is 0 Å². The number of carbonyl (C=O) groups excluding carboxylic acids is 3. The number of hydrogen-bond donors (Lipinski definition) is 2. The van der Waals surface area contributed by atoms with Crippen LogP contribution in [0.25, 0.3) is 5.57 Å². The molecule has 1 fully saturated rings. The van der Waals surface area contributed by atoms with Crippen LogP contribution in [0.1, 0.15) is 42.2 Å². The van der Waals surface area contributed by atoms with Crippen LogP contribution >= 0.6 is 0 Å². The Morgan fingerprint density at radius 2 is 2.23 bits per heavy atom. The molecule has 1 aromatic rings. The Kier molecular flexibility index (Phi) is 5.41. The number of halogens is 1. The molecule has 0 saturated carbocycles. The van der Waals surface area contributed by atoms with Crippen LogP contribution in [0, 0.1) is 5.82 Å². The fraction of sp³-hybridized carbons (Fsp3) is 0.444. The van der Waals surface area contributed by atoms with Gasteiger partial charge in [0.25, 0.3) is 5.91 Å². The molecule has 0 bridgehead atoms. The zero-order chi connectivity index (χ0) is 18.7. The number of likely N-dealkylation sites (N-methyl/N-ethyl adjacent to an activating group) is 1. The highest BCUT2D eigenvalue weighted by Crippen LogP contribution is 2.24. The number of hydrogen-bond acceptors (Lipinski definition) is 5. The van der Waals surface area contributed by atoms with Crippen molar-refractivity contribution in [3.63, 3.8) is 0 Å². The number of pyridine rings is 1. The normalized spacial score (nSPS) is 21.2. The molecule has 26 heavy (non-hydrogen) atoms. The molecular formula is C18H21FN4O3. The Bertz CT molecular complexity index is 778. The van der Waals surface area contributed by atoms with Gasteiger partial charge in [-0.05, 0) is 25.0 Å². The summed E-state index contributed by atoms with van der Waals surface area (Å²) in [5.74, 6) is -2.07. The molecular weight excluding hydrogens is 339 g/mol. The molecule has 2 aliphatic rings. The maximum Gasteiger partial charge on any atom is 0.270 e. The van der Waals surface area contributed by atoms with Gasteiger partial charge in [-0.15, -0.1) is 0 Å². The Balaban J connectivity index is 1.69. The Morgan fingerprint density at radius 3 is 2.85 bits per heavy atom. The minimum Gasteiger partial charge on any atom is -0.339 e. The van der Waals surface area contributed by atoms with Crippen molar-refractivity contribution < 1.29 is 18.8 Å². The van der Waals surface area contributed by atoms with E-state index in [-0.39, 0.29) is 24.4 Å².